The lowest BCUT2D eigenvalue weighted by Gasteiger charge is -2.32. The zero-order valence-corrected chi connectivity index (χ0v) is 15.2. The molecular weight excluding hydrogens is 349 g/mol. The van der Waals surface area contributed by atoms with Gasteiger partial charge in [-0.05, 0) is 31.8 Å². The van der Waals surface area contributed by atoms with Gasteiger partial charge >= 0.3 is 0 Å². The number of halogens is 1. The summed E-state index contributed by atoms with van der Waals surface area (Å²) in [6.07, 6.45) is 7.97. The number of aromatic nitrogens is 4. The van der Waals surface area contributed by atoms with Crippen LogP contribution in [-0.2, 0) is 4.79 Å². The third-order valence-corrected chi connectivity index (χ3v) is 5.07. The van der Waals surface area contributed by atoms with Crippen molar-refractivity contribution < 1.29 is 9.18 Å². The van der Waals surface area contributed by atoms with Crippen molar-refractivity contribution in [1.82, 2.24) is 24.4 Å². The zero-order chi connectivity index (χ0) is 19.0. The van der Waals surface area contributed by atoms with Gasteiger partial charge in [0.15, 0.2) is 5.65 Å². The summed E-state index contributed by atoms with van der Waals surface area (Å²) >= 11 is 0. The predicted molar refractivity (Wildman–Crippen MR) is 100 cm³/mol. The Hall–Kier alpha value is -2.97. The van der Waals surface area contributed by atoms with Crippen LogP contribution in [0.25, 0.3) is 11.2 Å². The van der Waals surface area contributed by atoms with Crippen LogP contribution in [0.5, 0.6) is 0 Å². The molecule has 1 aliphatic heterocycles. The van der Waals surface area contributed by atoms with Gasteiger partial charge < -0.3 is 16.0 Å². The Bertz CT molecular complexity index is 941. The lowest BCUT2D eigenvalue weighted by molar-refractivity contribution is -0.130. The molecule has 9 heteroatoms. The number of allylic oxidation sites excluding steroid dienone is 3. The Morgan fingerprint density at radius 1 is 1.26 bits per heavy atom. The van der Waals surface area contributed by atoms with Crippen molar-refractivity contribution in [3.63, 3.8) is 0 Å². The van der Waals surface area contributed by atoms with Gasteiger partial charge in [0.05, 0.1) is 11.9 Å². The number of likely N-dealkylation sites (tertiary alicyclic amines) is 1. The van der Waals surface area contributed by atoms with E-state index in [9.17, 15) is 9.18 Å². The number of hydrogen-bond donors (Lipinski definition) is 2. The fourth-order valence-corrected chi connectivity index (χ4v) is 3.65. The molecule has 0 aromatic carbocycles. The van der Waals surface area contributed by atoms with Crippen molar-refractivity contribution in [2.24, 2.45) is 0 Å². The summed E-state index contributed by atoms with van der Waals surface area (Å²) in [6, 6.07) is 0.0821. The van der Waals surface area contributed by atoms with E-state index >= 15 is 0 Å². The van der Waals surface area contributed by atoms with Gasteiger partial charge in [-0.1, -0.05) is 6.08 Å². The lowest BCUT2D eigenvalue weighted by Crippen LogP contribution is -2.37. The van der Waals surface area contributed by atoms with E-state index < -0.39 is 0 Å². The maximum Gasteiger partial charge on any atom is 0.222 e. The van der Waals surface area contributed by atoms with Crippen LogP contribution >= 0.6 is 0 Å². The topological polar surface area (TPSA) is 102 Å². The molecule has 2 aromatic rings. The van der Waals surface area contributed by atoms with Gasteiger partial charge in [0, 0.05) is 26.1 Å². The molecule has 142 valence electrons. The first-order valence-electron chi connectivity index (χ1n) is 9.12. The molecule has 2 aromatic heterocycles. The number of hydrogen-bond acceptors (Lipinski definition) is 6. The first kappa shape index (κ1) is 17.4. The maximum atomic E-state index is 14.2. The van der Waals surface area contributed by atoms with E-state index in [-0.39, 0.29) is 23.7 Å². The first-order valence-corrected chi connectivity index (χ1v) is 9.12. The minimum Gasteiger partial charge on any atom is -0.368 e. The number of carbonyl (C=O) groups excluding carboxylic acids is 1. The normalized spacial score (nSPS) is 18.4. The smallest absolute Gasteiger partial charge is 0.222 e. The molecule has 2 aliphatic rings. The fourth-order valence-electron chi connectivity index (χ4n) is 3.65. The summed E-state index contributed by atoms with van der Waals surface area (Å²) in [4.78, 5) is 26.4. The van der Waals surface area contributed by atoms with Gasteiger partial charge in [-0.2, -0.15) is 4.98 Å². The largest absolute Gasteiger partial charge is 0.368 e. The number of piperidine rings is 1. The van der Waals surface area contributed by atoms with Gasteiger partial charge in [0.1, 0.15) is 11.3 Å². The summed E-state index contributed by atoms with van der Waals surface area (Å²) < 4.78 is 16.1. The first-order chi connectivity index (χ1) is 13.0. The average Bonchev–Trinajstić information content (AvgIpc) is 3.00. The lowest BCUT2D eigenvalue weighted by atomic mass is 10.0. The number of nitrogens with zero attached hydrogens (tertiary/aromatic N) is 5. The molecule has 3 heterocycles. The second-order valence-corrected chi connectivity index (χ2v) is 6.85. The SMILES string of the molecule is CC(=O)N1CCC(n2c(NC3=CCCC=C3F)nc3cnc(N)nc32)CC1. The van der Waals surface area contributed by atoms with Crippen LogP contribution in [0.15, 0.2) is 29.9 Å². The Balaban J connectivity index is 1.71. The van der Waals surface area contributed by atoms with Crippen molar-refractivity contribution >= 4 is 29.0 Å². The monoisotopic (exact) mass is 371 g/mol. The highest BCUT2D eigenvalue weighted by atomic mass is 19.1. The Kier molecular flexibility index (Phi) is 4.51. The number of imidazole rings is 1. The van der Waals surface area contributed by atoms with E-state index in [2.05, 4.69) is 20.3 Å². The average molecular weight is 371 g/mol. The third kappa shape index (κ3) is 3.36. The Morgan fingerprint density at radius 3 is 2.70 bits per heavy atom. The van der Waals surface area contributed by atoms with Crippen LogP contribution in [0.1, 0.15) is 38.6 Å². The minimum absolute atomic E-state index is 0.0772. The summed E-state index contributed by atoms with van der Waals surface area (Å²) in [6.45, 7) is 2.91. The Labute approximate surface area is 156 Å². The van der Waals surface area contributed by atoms with Gasteiger partial charge in [0.25, 0.3) is 0 Å². The van der Waals surface area contributed by atoms with Gasteiger partial charge in [0.2, 0.25) is 17.8 Å². The highest BCUT2D eigenvalue weighted by Crippen LogP contribution is 2.32. The number of amides is 1. The molecule has 0 spiro atoms. The summed E-state index contributed by atoms with van der Waals surface area (Å²) in [5.41, 5.74) is 7.42. The Morgan fingerprint density at radius 2 is 2.00 bits per heavy atom. The quantitative estimate of drug-likeness (QED) is 0.860. The molecule has 0 saturated carbocycles. The van der Waals surface area contributed by atoms with Crippen molar-refractivity contribution in [3.05, 3.63) is 29.9 Å². The van der Waals surface area contributed by atoms with Crippen LogP contribution in [0.4, 0.5) is 16.3 Å². The van der Waals surface area contributed by atoms with Crippen LogP contribution in [0, 0.1) is 0 Å². The number of nitrogens with two attached hydrogens (primary N) is 1. The molecule has 1 saturated heterocycles. The maximum absolute atomic E-state index is 14.2. The van der Waals surface area contributed by atoms with E-state index in [0.29, 0.717) is 42.3 Å². The standard InChI is InChI=1S/C18H22FN7O/c1-11(27)25-8-6-12(7-9-25)26-16-15(10-21-17(20)24-16)23-18(26)22-14-5-3-2-4-13(14)19/h4-5,10,12H,2-3,6-9H2,1H3,(H,22,23)(H2,20,21,24). The molecule has 4 rings (SSSR count). The highest BCUT2D eigenvalue weighted by Gasteiger charge is 2.27. The number of nitrogens with one attached hydrogen (secondary N) is 1. The number of fused-ring (bicyclic) bond motifs is 1. The van der Waals surface area contributed by atoms with Gasteiger partial charge in [-0.15, -0.1) is 0 Å². The van der Waals surface area contributed by atoms with Crippen molar-refractivity contribution in [2.75, 3.05) is 24.1 Å². The summed E-state index contributed by atoms with van der Waals surface area (Å²) in [5.74, 6) is 0.479. The predicted octanol–water partition coefficient (Wildman–Crippen LogP) is 2.53. The van der Waals surface area contributed by atoms with Gasteiger partial charge in [-0.25, -0.2) is 14.4 Å². The molecule has 27 heavy (non-hydrogen) atoms. The van der Waals surface area contributed by atoms with E-state index in [4.69, 9.17) is 5.73 Å². The van der Waals surface area contributed by atoms with Crippen molar-refractivity contribution in [3.8, 4) is 0 Å². The molecule has 8 nitrogen and oxygen atoms in total. The molecule has 0 bridgehead atoms. The number of anilines is 2. The van der Waals surface area contributed by atoms with Crippen molar-refractivity contribution in [1.29, 1.82) is 0 Å². The van der Waals surface area contributed by atoms with E-state index in [1.54, 1.807) is 19.2 Å². The number of carbonyl (C=O) groups is 1. The minimum atomic E-state index is -0.281. The highest BCUT2D eigenvalue weighted by molar-refractivity contribution is 5.76. The van der Waals surface area contributed by atoms with Crippen molar-refractivity contribution in [2.45, 2.75) is 38.6 Å². The van der Waals surface area contributed by atoms with Crippen LogP contribution in [-0.4, -0.2) is 43.4 Å². The summed E-state index contributed by atoms with van der Waals surface area (Å²) in [7, 11) is 0. The zero-order valence-electron chi connectivity index (χ0n) is 15.2. The molecular formula is C18H22FN7O. The van der Waals surface area contributed by atoms with Crippen LogP contribution < -0.4 is 11.1 Å². The molecule has 1 aliphatic carbocycles. The number of nitrogen functional groups attached to an aromatic ring is 1. The van der Waals surface area contributed by atoms with E-state index in [0.717, 1.165) is 19.3 Å². The van der Waals surface area contributed by atoms with Crippen LogP contribution in [0.3, 0.4) is 0 Å². The molecule has 0 radical (unpaired) electrons. The van der Waals surface area contributed by atoms with E-state index in [1.165, 1.54) is 0 Å². The van der Waals surface area contributed by atoms with Crippen LogP contribution in [0.2, 0.25) is 0 Å². The third-order valence-electron chi connectivity index (χ3n) is 5.07. The molecule has 1 amide bonds. The second kappa shape index (κ2) is 6.98. The molecule has 3 N–H and O–H groups in total. The molecule has 1 fully saturated rings. The second-order valence-electron chi connectivity index (χ2n) is 6.85. The fraction of sp³-hybridized carbons (Fsp3) is 0.444. The number of rotatable bonds is 3. The summed E-state index contributed by atoms with van der Waals surface area (Å²) in [5, 5.41) is 3.12. The molecule has 0 unspecified atom stereocenters. The molecule has 0 atom stereocenters. The van der Waals surface area contributed by atoms with Gasteiger partial charge in [-0.3, -0.25) is 9.36 Å². The van der Waals surface area contributed by atoms with E-state index in [1.807, 2.05) is 15.5 Å².